The molecule has 19 heavy (non-hydrogen) atoms. The van der Waals surface area contributed by atoms with E-state index in [-0.39, 0.29) is 12.0 Å². The molecule has 1 amide bonds. The SMILES string of the molecule is Cc1cc(C(=O)NCC2CCCO2)c(C)n1C1CC1. The van der Waals surface area contributed by atoms with E-state index < -0.39 is 0 Å². The first kappa shape index (κ1) is 12.7. The molecule has 1 aliphatic heterocycles. The zero-order valence-corrected chi connectivity index (χ0v) is 11.7. The summed E-state index contributed by atoms with van der Waals surface area (Å²) in [4.78, 5) is 12.3. The average molecular weight is 262 g/mol. The molecule has 2 aliphatic rings. The van der Waals surface area contributed by atoms with E-state index in [0.29, 0.717) is 12.6 Å². The summed E-state index contributed by atoms with van der Waals surface area (Å²) in [6, 6.07) is 2.64. The van der Waals surface area contributed by atoms with Gasteiger partial charge in [-0.2, -0.15) is 0 Å². The van der Waals surface area contributed by atoms with Crippen molar-refractivity contribution < 1.29 is 9.53 Å². The fourth-order valence-electron chi connectivity index (χ4n) is 3.01. The average Bonchev–Trinajstić information content (AvgIpc) is 2.98. The van der Waals surface area contributed by atoms with Crippen LogP contribution >= 0.6 is 0 Å². The minimum Gasteiger partial charge on any atom is -0.376 e. The number of amides is 1. The molecule has 2 fully saturated rings. The van der Waals surface area contributed by atoms with Crippen LogP contribution in [0, 0.1) is 13.8 Å². The number of nitrogens with zero attached hydrogens (tertiary/aromatic N) is 1. The molecule has 104 valence electrons. The maximum Gasteiger partial charge on any atom is 0.253 e. The van der Waals surface area contributed by atoms with Gasteiger partial charge in [-0.05, 0) is 45.6 Å². The van der Waals surface area contributed by atoms with Gasteiger partial charge in [-0.25, -0.2) is 0 Å². The summed E-state index contributed by atoms with van der Waals surface area (Å²) in [6.45, 7) is 5.59. The van der Waals surface area contributed by atoms with Crippen LogP contribution in [0.3, 0.4) is 0 Å². The Morgan fingerprint density at radius 2 is 2.21 bits per heavy atom. The van der Waals surface area contributed by atoms with Gasteiger partial charge in [0, 0.05) is 30.6 Å². The molecule has 2 heterocycles. The summed E-state index contributed by atoms with van der Waals surface area (Å²) in [5.41, 5.74) is 3.12. The van der Waals surface area contributed by atoms with E-state index in [4.69, 9.17) is 4.74 Å². The molecule has 1 unspecified atom stereocenters. The van der Waals surface area contributed by atoms with Crippen molar-refractivity contribution in [2.45, 2.75) is 51.7 Å². The second-order valence-corrected chi connectivity index (χ2v) is 5.73. The zero-order chi connectivity index (χ0) is 13.4. The lowest BCUT2D eigenvalue weighted by atomic mass is 10.2. The highest BCUT2D eigenvalue weighted by Crippen LogP contribution is 2.38. The van der Waals surface area contributed by atoms with Crippen molar-refractivity contribution in [2.75, 3.05) is 13.2 Å². The Morgan fingerprint density at radius 3 is 2.84 bits per heavy atom. The normalized spacial score (nSPS) is 22.7. The topological polar surface area (TPSA) is 43.3 Å². The van der Waals surface area contributed by atoms with Crippen LogP contribution < -0.4 is 5.32 Å². The number of rotatable bonds is 4. The number of carbonyl (C=O) groups is 1. The van der Waals surface area contributed by atoms with Gasteiger partial charge in [-0.3, -0.25) is 4.79 Å². The zero-order valence-electron chi connectivity index (χ0n) is 11.7. The molecule has 4 heteroatoms. The highest BCUT2D eigenvalue weighted by atomic mass is 16.5. The fourth-order valence-corrected chi connectivity index (χ4v) is 3.01. The fraction of sp³-hybridized carbons (Fsp3) is 0.667. The monoisotopic (exact) mass is 262 g/mol. The Morgan fingerprint density at radius 1 is 1.42 bits per heavy atom. The molecule has 4 nitrogen and oxygen atoms in total. The van der Waals surface area contributed by atoms with Gasteiger partial charge in [0.1, 0.15) is 0 Å². The molecule has 1 aliphatic carbocycles. The maximum absolute atomic E-state index is 12.3. The Labute approximate surface area is 114 Å². The predicted octanol–water partition coefficient (Wildman–Crippen LogP) is 2.35. The summed E-state index contributed by atoms with van der Waals surface area (Å²) >= 11 is 0. The second kappa shape index (κ2) is 5.00. The lowest BCUT2D eigenvalue weighted by Gasteiger charge is -2.11. The maximum atomic E-state index is 12.3. The molecule has 0 radical (unpaired) electrons. The van der Waals surface area contributed by atoms with E-state index >= 15 is 0 Å². The number of ether oxygens (including phenoxy) is 1. The molecule has 1 aromatic rings. The largest absolute Gasteiger partial charge is 0.376 e. The molecule has 3 rings (SSSR count). The first-order valence-corrected chi connectivity index (χ1v) is 7.25. The van der Waals surface area contributed by atoms with Gasteiger partial charge in [-0.1, -0.05) is 0 Å². The molecule has 1 saturated heterocycles. The van der Waals surface area contributed by atoms with Gasteiger partial charge in [0.2, 0.25) is 0 Å². The highest BCUT2D eigenvalue weighted by Gasteiger charge is 2.28. The first-order chi connectivity index (χ1) is 9.16. The molecular formula is C15H22N2O2. The quantitative estimate of drug-likeness (QED) is 0.905. The molecule has 0 bridgehead atoms. The molecule has 0 spiro atoms. The van der Waals surface area contributed by atoms with Crippen LogP contribution in [0.1, 0.15) is 53.5 Å². The van der Waals surface area contributed by atoms with Gasteiger partial charge in [0.15, 0.2) is 0 Å². The van der Waals surface area contributed by atoms with Crippen LogP contribution in [0.25, 0.3) is 0 Å². The number of nitrogens with one attached hydrogen (secondary N) is 1. The summed E-state index contributed by atoms with van der Waals surface area (Å²) in [6.07, 6.45) is 4.86. The Hall–Kier alpha value is -1.29. The van der Waals surface area contributed by atoms with Crippen molar-refractivity contribution in [2.24, 2.45) is 0 Å². The van der Waals surface area contributed by atoms with Crippen LogP contribution in [0.15, 0.2) is 6.07 Å². The van der Waals surface area contributed by atoms with Crippen LogP contribution in [0.2, 0.25) is 0 Å². The van der Waals surface area contributed by atoms with E-state index in [9.17, 15) is 4.79 Å². The van der Waals surface area contributed by atoms with Crippen LogP contribution in [-0.4, -0.2) is 29.7 Å². The van der Waals surface area contributed by atoms with Crippen molar-refractivity contribution >= 4 is 5.91 Å². The van der Waals surface area contributed by atoms with Gasteiger partial charge in [0.25, 0.3) is 5.91 Å². The summed E-state index contributed by atoms with van der Waals surface area (Å²) < 4.78 is 7.83. The standard InChI is InChI=1S/C15H22N2O2/c1-10-8-14(11(2)17(10)12-5-6-12)15(18)16-9-13-4-3-7-19-13/h8,12-13H,3-7,9H2,1-2H3,(H,16,18). The van der Waals surface area contributed by atoms with Crippen molar-refractivity contribution in [3.63, 3.8) is 0 Å². The molecule has 1 aromatic heterocycles. The summed E-state index contributed by atoms with van der Waals surface area (Å²) in [5.74, 6) is 0.0375. The first-order valence-electron chi connectivity index (χ1n) is 7.25. The Kier molecular flexibility index (Phi) is 3.35. The van der Waals surface area contributed by atoms with Crippen molar-refractivity contribution in [3.8, 4) is 0 Å². The number of hydrogen-bond donors (Lipinski definition) is 1. The van der Waals surface area contributed by atoms with Crippen molar-refractivity contribution in [1.82, 2.24) is 9.88 Å². The van der Waals surface area contributed by atoms with Crippen LogP contribution in [0.5, 0.6) is 0 Å². The van der Waals surface area contributed by atoms with E-state index in [1.807, 2.05) is 13.0 Å². The number of carbonyl (C=O) groups excluding carboxylic acids is 1. The minimum atomic E-state index is 0.0375. The van der Waals surface area contributed by atoms with Gasteiger partial charge < -0.3 is 14.6 Å². The smallest absolute Gasteiger partial charge is 0.253 e. The van der Waals surface area contributed by atoms with E-state index in [1.54, 1.807) is 0 Å². The molecule has 1 saturated carbocycles. The number of aryl methyl sites for hydroxylation is 1. The van der Waals surface area contributed by atoms with E-state index in [2.05, 4.69) is 16.8 Å². The van der Waals surface area contributed by atoms with Gasteiger partial charge in [0.05, 0.1) is 11.7 Å². The third kappa shape index (κ3) is 2.54. The lowest BCUT2D eigenvalue weighted by Crippen LogP contribution is -2.32. The van der Waals surface area contributed by atoms with E-state index in [0.717, 1.165) is 30.7 Å². The molecule has 1 atom stereocenters. The van der Waals surface area contributed by atoms with Crippen LogP contribution in [0.4, 0.5) is 0 Å². The van der Waals surface area contributed by atoms with Crippen molar-refractivity contribution in [3.05, 3.63) is 23.0 Å². The molecule has 0 aromatic carbocycles. The number of hydrogen-bond acceptors (Lipinski definition) is 2. The Balaban J connectivity index is 1.67. The highest BCUT2D eigenvalue weighted by molar-refractivity contribution is 5.95. The predicted molar refractivity (Wildman–Crippen MR) is 73.5 cm³/mol. The Bertz CT molecular complexity index is 483. The third-order valence-electron chi connectivity index (χ3n) is 4.16. The molecule has 1 N–H and O–H groups in total. The third-order valence-corrected chi connectivity index (χ3v) is 4.16. The van der Waals surface area contributed by atoms with Crippen molar-refractivity contribution in [1.29, 1.82) is 0 Å². The van der Waals surface area contributed by atoms with Crippen LogP contribution in [-0.2, 0) is 4.74 Å². The molecular weight excluding hydrogens is 240 g/mol. The minimum absolute atomic E-state index is 0.0375. The summed E-state index contributed by atoms with van der Waals surface area (Å²) in [7, 11) is 0. The second-order valence-electron chi connectivity index (χ2n) is 5.73. The van der Waals surface area contributed by atoms with Gasteiger partial charge in [-0.15, -0.1) is 0 Å². The summed E-state index contributed by atoms with van der Waals surface area (Å²) in [5, 5.41) is 3.00. The lowest BCUT2D eigenvalue weighted by molar-refractivity contribution is 0.0857. The van der Waals surface area contributed by atoms with E-state index in [1.165, 1.54) is 18.5 Å². The van der Waals surface area contributed by atoms with Gasteiger partial charge >= 0.3 is 0 Å². The number of aromatic nitrogens is 1.